The van der Waals surface area contributed by atoms with Crippen LogP contribution in [-0.2, 0) is 6.42 Å². The first-order valence-corrected chi connectivity index (χ1v) is 4.39. The smallest absolute Gasteiger partial charge is 0.0528 e. The molecular weight excluding hydrogens is 148 g/mol. The van der Waals surface area contributed by atoms with E-state index in [1.165, 1.54) is 12.0 Å². The average Bonchev–Trinajstić information content (AvgIpc) is 2.06. The van der Waals surface area contributed by atoms with Gasteiger partial charge in [-0.25, -0.2) is 0 Å². The largest absolute Gasteiger partial charge is 0.159 e. The Kier molecular flexibility index (Phi) is 2.79. The van der Waals surface area contributed by atoms with Crippen LogP contribution in [0.5, 0.6) is 0 Å². The lowest BCUT2D eigenvalue weighted by Gasteiger charge is -2.21. The molecule has 0 fully saturated rings. The van der Waals surface area contributed by atoms with Gasteiger partial charge in [-0.05, 0) is 23.5 Å². The Bertz CT molecular complexity index is 229. The van der Waals surface area contributed by atoms with Crippen molar-refractivity contribution < 1.29 is 0 Å². The van der Waals surface area contributed by atoms with Gasteiger partial charge in [0.05, 0.1) is 6.20 Å². The van der Waals surface area contributed by atoms with E-state index in [1.807, 2.05) is 12.3 Å². The highest BCUT2D eigenvalue weighted by atomic mass is 15.1. The van der Waals surface area contributed by atoms with Crippen LogP contribution in [0.2, 0.25) is 0 Å². The number of hydrogen-bond donors (Lipinski definition) is 0. The summed E-state index contributed by atoms with van der Waals surface area (Å²) in [7, 11) is 0. The second-order valence-corrected chi connectivity index (χ2v) is 3.95. The van der Waals surface area contributed by atoms with E-state index >= 15 is 0 Å². The summed E-state index contributed by atoms with van der Waals surface area (Å²) in [6.07, 6.45) is 5.87. The Hall–Kier alpha value is -0.920. The summed E-state index contributed by atoms with van der Waals surface area (Å²) in [4.78, 5) is 0. The predicted octanol–water partition coefficient (Wildman–Crippen LogP) is 2.46. The third-order valence-electron chi connectivity index (χ3n) is 2.29. The van der Waals surface area contributed by atoms with Gasteiger partial charge < -0.3 is 0 Å². The van der Waals surface area contributed by atoms with Crippen LogP contribution >= 0.6 is 0 Å². The normalized spacial score (nSPS) is 11.6. The molecule has 0 unspecified atom stereocenters. The molecule has 1 aromatic heterocycles. The van der Waals surface area contributed by atoms with E-state index in [-0.39, 0.29) is 0 Å². The highest BCUT2D eigenvalue weighted by molar-refractivity contribution is 5.07. The molecule has 66 valence electrons. The molecule has 0 spiro atoms. The van der Waals surface area contributed by atoms with Gasteiger partial charge in [-0.1, -0.05) is 27.2 Å². The number of nitrogens with zero attached hydrogens (tertiary/aromatic N) is 2. The van der Waals surface area contributed by atoms with Crippen LogP contribution in [0.4, 0.5) is 0 Å². The SMILES string of the molecule is CCC(C)(C)Cc1ccnnc1. The molecule has 0 bridgehead atoms. The minimum Gasteiger partial charge on any atom is -0.159 e. The van der Waals surface area contributed by atoms with Gasteiger partial charge >= 0.3 is 0 Å². The maximum Gasteiger partial charge on any atom is 0.0528 e. The second-order valence-electron chi connectivity index (χ2n) is 3.95. The zero-order valence-corrected chi connectivity index (χ0v) is 8.04. The standard InChI is InChI=1S/C10H16N2/c1-4-10(2,3)7-9-5-6-11-12-8-9/h5-6,8H,4,7H2,1-3H3. The van der Waals surface area contributed by atoms with Crippen molar-refractivity contribution in [3.05, 3.63) is 24.0 Å². The van der Waals surface area contributed by atoms with E-state index in [1.54, 1.807) is 6.20 Å². The summed E-state index contributed by atoms with van der Waals surface area (Å²) in [6.45, 7) is 6.76. The van der Waals surface area contributed by atoms with Crippen molar-refractivity contribution in [1.82, 2.24) is 10.2 Å². The van der Waals surface area contributed by atoms with Crippen molar-refractivity contribution in [1.29, 1.82) is 0 Å². The molecule has 0 aliphatic rings. The fraction of sp³-hybridized carbons (Fsp3) is 0.600. The lowest BCUT2D eigenvalue weighted by Crippen LogP contribution is -2.13. The zero-order valence-electron chi connectivity index (χ0n) is 8.04. The van der Waals surface area contributed by atoms with Crippen LogP contribution in [0.3, 0.4) is 0 Å². The second kappa shape index (κ2) is 3.65. The molecule has 2 nitrogen and oxygen atoms in total. The van der Waals surface area contributed by atoms with Crippen LogP contribution < -0.4 is 0 Å². The van der Waals surface area contributed by atoms with Crippen LogP contribution in [0.25, 0.3) is 0 Å². The Morgan fingerprint density at radius 2 is 2.08 bits per heavy atom. The van der Waals surface area contributed by atoms with Gasteiger partial charge in [0, 0.05) is 6.20 Å². The first-order chi connectivity index (χ1) is 5.64. The van der Waals surface area contributed by atoms with Crippen molar-refractivity contribution in [3.8, 4) is 0 Å². The third-order valence-corrected chi connectivity index (χ3v) is 2.29. The molecule has 0 radical (unpaired) electrons. The fourth-order valence-electron chi connectivity index (χ4n) is 1.10. The number of hydrogen-bond acceptors (Lipinski definition) is 2. The van der Waals surface area contributed by atoms with Gasteiger partial charge in [-0.3, -0.25) is 0 Å². The molecular formula is C10H16N2. The Labute approximate surface area is 74.0 Å². The fourth-order valence-corrected chi connectivity index (χ4v) is 1.10. The van der Waals surface area contributed by atoms with Crippen LogP contribution in [0.1, 0.15) is 32.8 Å². The van der Waals surface area contributed by atoms with Gasteiger partial charge in [0.2, 0.25) is 0 Å². The summed E-state index contributed by atoms with van der Waals surface area (Å²) in [5.41, 5.74) is 1.65. The molecule has 0 aliphatic carbocycles. The number of aromatic nitrogens is 2. The van der Waals surface area contributed by atoms with Crippen molar-refractivity contribution >= 4 is 0 Å². The highest BCUT2D eigenvalue weighted by Gasteiger charge is 2.15. The lowest BCUT2D eigenvalue weighted by atomic mass is 9.84. The van der Waals surface area contributed by atoms with Crippen molar-refractivity contribution in [2.24, 2.45) is 5.41 Å². The summed E-state index contributed by atoms with van der Waals surface area (Å²) < 4.78 is 0. The maximum atomic E-state index is 3.85. The molecule has 12 heavy (non-hydrogen) atoms. The quantitative estimate of drug-likeness (QED) is 0.685. The molecule has 0 aliphatic heterocycles. The summed E-state index contributed by atoms with van der Waals surface area (Å²) >= 11 is 0. The van der Waals surface area contributed by atoms with Gasteiger partial charge in [0.15, 0.2) is 0 Å². The van der Waals surface area contributed by atoms with Crippen molar-refractivity contribution in [3.63, 3.8) is 0 Å². The minimum atomic E-state index is 0.378. The van der Waals surface area contributed by atoms with E-state index < -0.39 is 0 Å². The Morgan fingerprint density at radius 1 is 1.33 bits per heavy atom. The molecule has 1 aromatic rings. The Morgan fingerprint density at radius 3 is 2.58 bits per heavy atom. The monoisotopic (exact) mass is 164 g/mol. The molecule has 1 heterocycles. The van der Waals surface area contributed by atoms with E-state index in [4.69, 9.17) is 0 Å². The van der Waals surface area contributed by atoms with Gasteiger partial charge in [-0.2, -0.15) is 10.2 Å². The minimum absolute atomic E-state index is 0.378. The van der Waals surface area contributed by atoms with Crippen LogP contribution in [0, 0.1) is 5.41 Å². The van der Waals surface area contributed by atoms with E-state index in [0.717, 1.165) is 6.42 Å². The third kappa shape index (κ3) is 2.61. The molecule has 0 amide bonds. The lowest BCUT2D eigenvalue weighted by molar-refractivity contribution is 0.348. The molecule has 1 rings (SSSR count). The van der Waals surface area contributed by atoms with E-state index in [2.05, 4.69) is 31.0 Å². The topological polar surface area (TPSA) is 25.8 Å². The van der Waals surface area contributed by atoms with E-state index in [9.17, 15) is 0 Å². The highest BCUT2D eigenvalue weighted by Crippen LogP contribution is 2.24. The van der Waals surface area contributed by atoms with Crippen LogP contribution in [0.15, 0.2) is 18.5 Å². The Balaban J connectivity index is 2.64. The van der Waals surface area contributed by atoms with Gasteiger partial charge in [-0.15, -0.1) is 0 Å². The zero-order chi connectivity index (χ0) is 9.03. The summed E-state index contributed by atoms with van der Waals surface area (Å²) in [5.74, 6) is 0. The summed E-state index contributed by atoms with van der Waals surface area (Å²) in [5, 5.41) is 7.60. The number of rotatable bonds is 3. The molecule has 0 saturated heterocycles. The van der Waals surface area contributed by atoms with Gasteiger partial charge in [0.1, 0.15) is 0 Å². The van der Waals surface area contributed by atoms with Crippen molar-refractivity contribution in [2.75, 3.05) is 0 Å². The molecule has 0 N–H and O–H groups in total. The predicted molar refractivity (Wildman–Crippen MR) is 49.8 cm³/mol. The van der Waals surface area contributed by atoms with E-state index in [0.29, 0.717) is 5.41 Å². The maximum absolute atomic E-state index is 3.85. The first kappa shape index (κ1) is 9.17. The van der Waals surface area contributed by atoms with Gasteiger partial charge in [0.25, 0.3) is 0 Å². The average molecular weight is 164 g/mol. The van der Waals surface area contributed by atoms with Crippen LogP contribution in [-0.4, -0.2) is 10.2 Å². The molecule has 0 saturated carbocycles. The summed E-state index contributed by atoms with van der Waals surface area (Å²) in [6, 6.07) is 2.03. The first-order valence-electron chi connectivity index (χ1n) is 4.39. The van der Waals surface area contributed by atoms with Crippen molar-refractivity contribution in [2.45, 2.75) is 33.6 Å². The molecule has 0 atom stereocenters. The molecule has 0 aromatic carbocycles. The molecule has 2 heteroatoms.